The van der Waals surface area contributed by atoms with Crippen molar-refractivity contribution in [3.05, 3.63) is 48.2 Å². The molecule has 0 bridgehead atoms. The first-order chi connectivity index (χ1) is 8.81. The Balaban J connectivity index is 2.01. The van der Waals surface area contributed by atoms with Crippen molar-refractivity contribution in [1.29, 1.82) is 0 Å². The van der Waals surface area contributed by atoms with Gasteiger partial charge in [0.2, 0.25) is 5.88 Å². The molecule has 0 unspecified atom stereocenters. The van der Waals surface area contributed by atoms with Crippen molar-refractivity contribution < 1.29 is 9.47 Å². The molecule has 2 rings (SSSR count). The summed E-state index contributed by atoms with van der Waals surface area (Å²) in [4.78, 5) is 4.06. The number of anilines is 1. The fraction of sp³-hybridized carbons (Fsp3) is 0.214. The SMILES string of the molecule is COc1cccc(CNc2ccnc(OC)c2)c1. The molecule has 0 amide bonds. The average molecular weight is 244 g/mol. The van der Waals surface area contributed by atoms with Crippen LogP contribution in [-0.4, -0.2) is 19.2 Å². The third kappa shape index (κ3) is 3.13. The number of ether oxygens (including phenoxy) is 2. The van der Waals surface area contributed by atoms with Crippen LogP contribution < -0.4 is 14.8 Å². The van der Waals surface area contributed by atoms with Gasteiger partial charge < -0.3 is 14.8 Å². The number of rotatable bonds is 5. The molecule has 0 saturated carbocycles. The summed E-state index contributed by atoms with van der Waals surface area (Å²) in [6.45, 7) is 0.727. The molecule has 0 aliphatic heterocycles. The predicted octanol–water partition coefficient (Wildman–Crippen LogP) is 2.71. The summed E-state index contributed by atoms with van der Waals surface area (Å²) in [5, 5.41) is 3.31. The molecule has 4 nitrogen and oxygen atoms in total. The smallest absolute Gasteiger partial charge is 0.214 e. The van der Waals surface area contributed by atoms with Gasteiger partial charge in [0.05, 0.1) is 14.2 Å². The quantitative estimate of drug-likeness (QED) is 0.878. The minimum Gasteiger partial charge on any atom is -0.497 e. The minimum absolute atomic E-state index is 0.602. The second kappa shape index (κ2) is 5.91. The Morgan fingerprint density at radius 1 is 1.11 bits per heavy atom. The number of aromatic nitrogens is 1. The van der Waals surface area contributed by atoms with Gasteiger partial charge in [-0.1, -0.05) is 12.1 Å². The van der Waals surface area contributed by atoms with Gasteiger partial charge in [-0.05, 0) is 23.8 Å². The standard InChI is InChI=1S/C14H16N2O2/c1-17-13-5-3-4-11(8-13)10-16-12-6-7-15-14(9-12)18-2/h3-9H,10H2,1-2H3,(H,15,16). The Bertz CT molecular complexity index is 467. The van der Waals surface area contributed by atoms with Gasteiger partial charge in [0.1, 0.15) is 5.75 Å². The molecular weight excluding hydrogens is 228 g/mol. The molecule has 0 atom stereocenters. The Hall–Kier alpha value is -2.23. The zero-order valence-corrected chi connectivity index (χ0v) is 10.5. The van der Waals surface area contributed by atoms with Crippen LogP contribution in [0.15, 0.2) is 42.6 Å². The van der Waals surface area contributed by atoms with E-state index in [2.05, 4.69) is 10.3 Å². The fourth-order valence-corrected chi connectivity index (χ4v) is 1.62. The van der Waals surface area contributed by atoms with E-state index in [-0.39, 0.29) is 0 Å². The van der Waals surface area contributed by atoms with Crippen LogP contribution in [-0.2, 0) is 6.54 Å². The van der Waals surface area contributed by atoms with Crippen LogP contribution in [0.5, 0.6) is 11.6 Å². The van der Waals surface area contributed by atoms with Crippen molar-refractivity contribution in [2.24, 2.45) is 0 Å². The van der Waals surface area contributed by atoms with Gasteiger partial charge in [0, 0.05) is 24.5 Å². The fourth-order valence-electron chi connectivity index (χ4n) is 1.62. The molecule has 0 aliphatic carbocycles. The highest BCUT2D eigenvalue weighted by molar-refractivity contribution is 5.45. The van der Waals surface area contributed by atoms with Crippen LogP contribution in [0.2, 0.25) is 0 Å². The van der Waals surface area contributed by atoms with Crippen LogP contribution in [0.25, 0.3) is 0 Å². The highest BCUT2D eigenvalue weighted by Crippen LogP contribution is 2.16. The summed E-state index contributed by atoms with van der Waals surface area (Å²) in [7, 11) is 3.27. The van der Waals surface area contributed by atoms with E-state index in [0.717, 1.165) is 23.5 Å². The van der Waals surface area contributed by atoms with E-state index in [4.69, 9.17) is 9.47 Å². The summed E-state index contributed by atoms with van der Waals surface area (Å²) in [6, 6.07) is 11.7. The predicted molar refractivity (Wildman–Crippen MR) is 71.1 cm³/mol. The molecule has 94 valence electrons. The Morgan fingerprint density at radius 2 is 2.00 bits per heavy atom. The number of nitrogens with one attached hydrogen (secondary N) is 1. The van der Waals surface area contributed by atoms with Gasteiger partial charge >= 0.3 is 0 Å². The average Bonchev–Trinajstić information content (AvgIpc) is 2.45. The summed E-state index contributed by atoms with van der Waals surface area (Å²) < 4.78 is 10.3. The van der Waals surface area contributed by atoms with Crippen molar-refractivity contribution >= 4 is 5.69 Å². The van der Waals surface area contributed by atoms with Crippen LogP contribution in [0.1, 0.15) is 5.56 Å². The van der Waals surface area contributed by atoms with Crippen LogP contribution in [0.3, 0.4) is 0 Å². The summed E-state index contributed by atoms with van der Waals surface area (Å²) >= 11 is 0. The summed E-state index contributed by atoms with van der Waals surface area (Å²) in [5.41, 5.74) is 2.13. The Kier molecular flexibility index (Phi) is 4.02. The Morgan fingerprint density at radius 3 is 2.78 bits per heavy atom. The molecule has 1 aromatic heterocycles. The van der Waals surface area contributed by atoms with Crippen molar-refractivity contribution in [2.45, 2.75) is 6.54 Å². The first-order valence-corrected chi connectivity index (χ1v) is 5.68. The van der Waals surface area contributed by atoms with E-state index in [1.54, 1.807) is 20.4 Å². The maximum Gasteiger partial charge on any atom is 0.214 e. The van der Waals surface area contributed by atoms with Crippen molar-refractivity contribution in [3.8, 4) is 11.6 Å². The maximum absolute atomic E-state index is 5.19. The number of hydrogen-bond acceptors (Lipinski definition) is 4. The topological polar surface area (TPSA) is 43.4 Å². The molecule has 0 fully saturated rings. The van der Waals surface area contributed by atoms with Gasteiger partial charge in [0.15, 0.2) is 0 Å². The third-order valence-electron chi connectivity index (χ3n) is 2.57. The summed E-state index contributed by atoms with van der Waals surface area (Å²) in [5.74, 6) is 1.47. The second-order valence-electron chi connectivity index (χ2n) is 3.79. The third-order valence-corrected chi connectivity index (χ3v) is 2.57. The molecule has 1 heterocycles. The zero-order chi connectivity index (χ0) is 12.8. The number of benzene rings is 1. The Labute approximate surface area is 107 Å². The molecule has 0 aliphatic rings. The molecule has 1 N–H and O–H groups in total. The van der Waals surface area contributed by atoms with Gasteiger partial charge in [0.25, 0.3) is 0 Å². The van der Waals surface area contributed by atoms with Crippen LogP contribution in [0, 0.1) is 0 Å². The van der Waals surface area contributed by atoms with Crippen LogP contribution in [0.4, 0.5) is 5.69 Å². The van der Waals surface area contributed by atoms with E-state index in [9.17, 15) is 0 Å². The van der Waals surface area contributed by atoms with Gasteiger partial charge in [-0.15, -0.1) is 0 Å². The van der Waals surface area contributed by atoms with E-state index < -0.39 is 0 Å². The van der Waals surface area contributed by atoms with E-state index in [1.165, 1.54) is 0 Å². The van der Waals surface area contributed by atoms with Gasteiger partial charge in [-0.25, -0.2) is 4.98 Å². The van der Waals surface area contributed by atoms with Gasteiger partial charge in [-0.3, -0.25) is 0 Å². The zero-order valence-electron chi connectivity index (χ0n) is 10.5. The lowest BCUT2D eigenvalue weighted by Crippen LogP contribution is -2.00. The maximum atomic E-state index is 5.19. The highest BCUT2D eigenvalue weighted by atomic mass is 16.5. The molecule has 0 saturated heterocycles. The molecule has 18 heavy (non-hydrogen) atoms. The van der Waals surface area contributed by atoms with Crippen LogP contribution >= 0.6 is 0 Å². The van der Waals surface area contributed by atoms with E-state index in [0.29, 0.717) is 5.88 Å². The highest BCUT2D eigenvalue weighted by Gasteiger charge is 1.98. The molecule has 2 aromatic rings. The van der Waals surface area contributed by atoms with Crippen molar-refractivity contribution in [1.82, 2.24) is 4.98 Å². The molecule has 1 aromatic carbocycles. The first kappa shape index (κ1) is 12.2. The summed E-state index contributed by atoms with van der Waals surface area (Å²) in [6.07, 6.45) is 1.72. The second-order valence-corrected chi connectivity index (χ2v) is 3.79. The number of pyridine rings is 1. The molecule has 4 heteroatoms. The number of nitrogens with zero attached hydrogens (tertiary/aromatic N) is 1. The lowest BCUT2D eigenvalue weighted by Gasteiger charge is -2.08. The number of hydrogen-bond donors (Lipinski definition) is 1. The monoisotopic (exact) mass is 244 g/mol. The molecule has 0 spiro atoms. The van der Waals surface area contributed by atoms with Crippen molar-refractivity contribution in [3.63, 3.8) is 0 Å². The van der Waals surface area contributed by atoms with Crippen molar-refractivity contribution in [2.75, 3.05) is 19.5 Å². The molecule has 0 radical (unpaired) electrons. The van der Waals surface area contributed by atoms with E-state index >= 15 is 0 Å². The number of methoxy groups -OCH3 is 2. The minimum atomic E-state index is 0.602. The normalized spacial score (nSPS) is 9.89. The van der Waals surface area contributed by atoms with E-state index in [1.807, 2.05) is 36.4 Å². The lowest BCUT2D eigenvalue weighted by molar-refractivity contribution is 0.398. The largest absolute Gasteiger partial charge is 0.497 e. The first-order valence-electron chi connectivity index (χ1n) is 5.68. The van der Waals surface area contributed by atoms with Gasteiger partial charge in [-0.2, -0.15) is 0 Å². The lowest BCUT2D eigenvalue weighted by atomic mass is 10.2. The molecular formula is C14H16N2O2.